The maximum absolute atomic E-state index is 4.59. The van der Waals surface area contributed by atoms with Gasteiger partial charge in [-0.05, 0) is 18.9 Å². The fourth-order valence-corrected chi connectivity index (χ4v) is 2.24. The van der Waals surface area contributed by atoms with E-state index in [9.17, 15) is 0 Å². The third-order valence-electron chi connectivity index (χ3n) is 3.58. The monoisotopic (exact) mass is 271 g/mol. The first-order valence-corrected chi connectivity index (χ1v) is 7.44. The third kappa shape index (κ3) is 2.72. The molecule has 3 rings (SSSR count). The van der Waals surface area contributed by atoms with Crippen molar-refractivity contribution in [2.75, 3.05) is 0 Å². The average molecular weight is 271 g/mol. The zero-order valence-electron chi connectivity index (χ0n) is 12.1. The number of nitrogens with one attached hydrogen (secondary N) is 1. The van der Waals surface area contributed by atoms with Crippen molar-refractivity contribution < 1.29 is 0 Å². The van der Waals surface area contributed by atoms with Crippen LogP contribution in [0.1, 0.15) is 43.9 Å². The molecule has 1 aliphatic carbocycles. The van der Waals surface area contributed by atoms with Crippen LogP contribution >= 0.6 is 0 Å². The van der Waals surface area contributed by atoms with E-state index >= 15 is 0 Å². The van der Waals surface area contributed by atoms with E-state index in [4.69, 9.17) is 0 Å². The number of hydrogen-bond acceptors (Lipinski definition) is 4. The van der Waals surface area contributed by atoms with Gasteiger partial charge in [0.15, 0.2) is 11.6 Å². The first-order chi connectivity index (χ1) is 9.81. The zero-order chi connectivity index (χ0) is 13.9. The van der Waals surface area contributed by atoms with Gasteiger partial charge in [-0.2, -0.15) is 4.68 Å². The zero-order valence-corrected chi connectivity index (χ0v) is 12.1. The van der Waals surface area contributed by atoms with Crippen LogP contribution in [0.15, 0.2) is 18.3 Å². The topological polar surface area (TPSA) is 55.6 Å². The highest BCUT2D eigenvalue weighted by atomic mass is 15.4. The van der Waals surface area contributed by atoms with Crippen molar-refractivity contribution in [3.05, 3.63) is 35.5 Å². The predicted molar refractivity (Wildman–Crippen MR) is 77.8 cm³/mol. The summed E-state index contributed by atoms with van der Waals surface area (Å²) in [7, 11) is 0. The Hall–Kier alpha value is -1.75. The second-order valence-electron chi connectivity index (χ2n) is 5.20. The lowest BCUT2D eigenvalue weighted by Crippen LogP contribution is -2.18. The average Bonchev–Trinajstić information content (AvgIpc) is 3.23. The van der Waals surface area contributed by atoms with Crippen LogP contribution in [0.5, 0.6) is 0 Å². The van der Waals surface area contributed by atoms with Crippen LogP contribution in [0.4, 0.5) is 0 Å². The molecule has 2 heterocycles. The molecule has 2 aromatic rings. The highest BCUT2D eigenvalue weighted by Gasteiger charge is 2.21. The molecular formula is C15H21N5. The van der Waals surface area contributed by atoms with Gasteiger partial charge >= 0.3 is 0 Å². The molecule has 1 aliphatic rings. The lowest BCUT2D eigenvalue weighted by Gasteiger charge is -2.10. The van der Waals surface area contributed by atoms with E-state index in [2.05, 4.69) is 40.3 Å². The van der Waals surface area contributed by atoms with Gasteiger partial charge in [0.25, 0.3) is 0 Å². The summed E-state index contributed by atoms with van der Waals surface area (Å²) in [6.45, 7) is 5.02. The van der Waals surface area contributed by atoms with Gasteiger partial charge in [0.2, 0.25) is 0 Å². The van der Waals surface area contributed by atoms with E-state index in [0.717, 1.165) is 36.9 Å². The van der Waals surface area contributed by atoms with Gasteiger partial charge in [-0.25, -0.2) is 9.97 Å². The molecule has 0 bridgehead atoms. The van der Waals surface area contributed by atoms with Gasteiger partial charge in [-0.15, -0.1) is 5.10 Å². The summed E-state index contributed by atoms with van der Waals surface area (Å²) in [5, 5.41) is 8.13. The van der Waals surface area contributed by atoms with E-state index < -0.39 is 0 Å². The number of nitrogens with zero attached hydrogens (tertiary/aromatic N) is 4. The molecule has 0 spiro atoms. The van der Waals surface area contributed by atoms with Crippen molar-refractivity contribution in [1.82, 2.24) is 25.1 Å². The summed E-state index contributed by atoms with van der Waals surface area (Å²) in [6, 6.07) is 4.79. The summed E-state index contributed by atoms with van der Waals surface area (Å²) < 4.78 is 1.91. The Balaban J connectivity index is 1.93. The Morgan fingerprint density at radius 3 is 2.85 bits per heavy atom. The standard InChI is InChI=1S/C15H21N5/c1-3-13-18-14(4-2)20(19-13)15-11(6-5-9-16-15)10-17-12-7-8-12/h5-6,9,12,17H,3-4,7-8,10H2,1-2H3. The van der Waals surface area contributed by atoms with Crippen LogP contribution in [-0.2, 0) is 19.4 Å². The summed E-state index contributed by atoms with van der Waals surface area (Å²) in [5.41, 5.74) is 1.18. The number of rotatable bonds is 6. The molecule has 1 N–H and O–H groups in total. The van der Waals surface area contributed by atoms with Gasteiger partial charge in [-0.3, -0.25) is 0 Å². The lowest BCUT2D eigenvalue weighted by molar-refractivity contribution is 0.671. The largest absolute Gasteiger partial charge is 0.310 e. The Morgan fingerprint density at radius 2 is 2.15 bits per heavy atom. The molecule has 0 amide bonds. The normalized spacial score (nSPS) is 14.7. The minimum absolute atomic E-state index is 0.690. The van der Waals surface area contributed by atoms with Gasteiger partial charge in [0, 0.05) is 37.2 Å². The van der Waals surface area contributed by atoms with Crippen LogP contribution in [0.25, 0.3) is 5.82 Å². The quantitative estimate of drug-likeness (QED) is 0.873. The van der Waals surface area contributed by atoms with E-state index in [-0.39, 0.29) is 0 Å². The predicted octanol–water partition coefficient (Wildman–Crippen LogP) is 2.04. The highest BCUT2D eigenvalue weighted by molar-refractivity contribution is 5.33. The van der Waals surface area contributed by atoms with Gasteiger partial charge in [0.1, 0.15) is 5.82 Å². The Labute approximate surface area is 119 Å². The number of aryl methyl sites for hydroxylation is 2. The Bertz CT molecular complexity index is 586. The molecule has 0 unspecified atom stereocenters. The van der Waals surface area contributed by atoms with Crippen LogP contribution in [0.2, 0.25) is 0 Å². The van der Waals surface area contributed by atoms with E-state index in [0.29, 0.717) is 6.04 Å². The summed E-state index contributed by atoms with van der Waals surface area (Å²) in [4.78, 5) is 9.09. The Kier molecular flexibility index (Phi) is 3.78. The van der Waals surface area contributed by atoms with E-state index in [1.165, 1.54) is 18.4 Å². The van der Waals surface area contributed by atoms with Gasteiger partial charge in [0.05, 0.1) is 0 Å². The van der Waals surface area contributed by atoms with E-state index in [1.807, 2.05) is 16.9 Å². The highest BCUT2D eigenvalue weighted by Crippen LogP contribution is 2.20. The summed E-state index contributed by atoms with van der Waals surface area (Å²) >= 11 is 0. The molecule has 0 aromatic carbocycles. The van der Waals surface area contributed by atoms with Gasteiger partial charge in [-0.1, -0.05) is 19.9 Å². The molecular weight excluding hydrogens is 250 g/mol. The van der Waals surface area contributed by atoms with Crippen molar-refractivity contribution in [2.24, 2.45) is 0 Å². The summed E-state index contributed by atoms with van der Waals surface area (Å²) in [5.74, 6) is 2.77. The van der Waals surface area contributed by atoms with Crippen molar-refractivity contribution >= 4 is 0 Å². The maximum Gasteiger partial charge on any atom is 0.159 e. The molecule has 106 valence electrons. The second-order valence-corrected chi connectivity index (χ2v) is 5.20. The van der Waals surface area contributed by atoms with Crippen LogP contribution < -0.4 is 5.32 Å². The molecule has 20 heavy (non-hydrogen) atoms. The SMILES string of the molecule is CCc1nc(CC)n(-c2ncccc2CNC2CC2)n1. The lowest BCUT2D eigenvalue weighted by atomic mass is 10.2. The minimum atomic E-state index is 0.690. The molecule has 1 saturated carbocycles. The number of pyridine rings is 1. The number of aromatic nitrogens is 4. The van der Waals surface area contributed by atoms with Crippen molar-refractivity contribution in [3.8, 4) is 5.82 Å². The van der Waals surface area contributed by atoms with Crippen LogP contribution in [0, 0.1) is 0 Å². The third-order valence-corrected chi connectivity index (χ3v) is 3.58. The molecule has 0 atom stereocenters. The van der Waals surface area contributed by atoms with Gasteiger partial charge < -0.3 is 5.32 Å². The van der Waals surface area contributed by atoms with Crippen LogP contribution in [-0.4, -0.2) is 25.8 Å². The smallest absolute Gasteiger partial charge is 0.159 e. The van der Waals surface area contributed by atoms with Crippen LogP contribution in [0.3, 0.4) is 0 Å². The fraction of sp³-hybridized carbons (Fsp3) is 0.533. The molecule has 1 fully saturated rings. The molecule has 5 nitrogen and oxygen atoms in total. The summed E-state index contributed by atoms with van der Waals surface area (Å²) in [6.07, 6.45) is 6.11. The molecule has 0 aliphatic heterocycles. The first-order valence-electron chi connectivity index (χ1n) is 7.44. The minimum Gasteiger partial charge on any atom is -0.310 e. The molecule has 0 saturated heterocycles. The molecule has 5 heteroatoms. The fourth-order valence-electron chi connectivity index (χ4n) is 2.24. The number of hydrogen-bond donors (Lipinski definition) is 1. The second kappa shape index (κ2) is 5.71. The molecule has 2 aromatic heterocycles. The maximum atomic E-state index is 4.59. The van der Waals surface area contributed by atoms with Crippen molar-refractivity contribution in [2.45, 2.75) is 52.1 Å². The first kappa shape index (κ1) is 13.2. The Morgan fingerprint density at radius 1 is 1.30 bits per heavy atom. The van der Waals surface area contributed by atoms with Crippen molar-refractivity contribution in [1.29, 1.82) is 0 Å². The molecule has 0 radical (unpaired) electrons. The van der Waals surface area contributed by atoms with E-state index in [1.54, 1.807) is 0 Å². The van der Waals surface area contributed by atoms with Crippen molar-refractivity contribution in [3.63, 3.8) is 0 Å².